The minimum Gasteiger partial charge on any atom is -0.353 e. The van der Waals surface area contributed by atoms with E-state index in [1.807, 2.05) is 18.2 Å². The number of hydrogen-bond acceptors (Lipinski definition) is 7. The van der Waals surface area contributed by atoms with Gasteiger partial charge in [0.15, 0.2) is 10.8 Å². The van der Waals surface area contributed by atoms with Gasteiger partial charge in [-0.1, -0.05) is 29.5 Å². The van der Waals surface area contributed by atoms with Gasteiger partial charge in [0.25, 0.3) is 5.56 Å². The number of nitrogens with one attached hydrogen (secondary N) is 1. The van der Waals surface area contributed by atoms with E-state index < -0.39 is 0 Å². The van der Waals surface area contributed by atoms with Crippen molar-refractivity contribution in [1.82, 2.24) is 19.9 Å². The Bertz CT molecular complexity index is 1340. The molecule has 0 atom stereocenters. The fourth-order valence-corrected chi connectivity index (χ4v) is 6.01. The number of carbonyl (C=O) groups excluding carboxylic acids is 2. The molecular weight excluding hydrogens is 464 g/mol. The number of carbonyl (C=O) groups is 2. The predicted molar refractivity (Wildman–Crippen MR) is 135 cm³/mol. The summed E-state index contributed by atoms with van der Waals surface area (Å²) in [6.07, 6.45) is 7.04. The molecule has 0 unspecified atom stereocenters. The van der Waals surface area contributed by atoms with Crippen LogP contribution in [0.3, 0.4) is 0 Å². The first-order valence-electron chi connectivity index (χ1n) is 12.4. The highest BCUT2D eigenvalue weighted by Crippen LogP contribution is 2.30. The van der Waals surface area contributed by atoms with Crippen LogP contribution in [-0.2, 0) is 22.6 Å². The molecule has 2 fully saturated rings. The summed E-state index contributed by atoms with van der Waals surface area (Å²) in [5, 5.41) is 3.85. The third kappa shape index (κ3) is 4.42. The molecule has 1 saturated carbocycles. The first-order chi connectivity index (χ1) is 17.1. The van der Waals surface area contributed by atoms with Crippen LogP contribution in [0.4, 0.5) is 10.8 Å². The van der Waals surface area contributed by atoms with Gasteiger partial charge in [-0.15, -0.1) is 0 Å². The molecule has 2 amide bonds. The van der Waals surface area contributed by atoms with Crippen LogP contribution in [0, 0.1) is 5.92 Å². The maximum absolute atomic E-state index is 13.2. The number of anilines is 2. The lowest BCUT2D eigenvalue weighted by molar-refractivity contribution is -0.125. The molecule has 3 aliphatic rings. The zero-order valence-corrected chi connectivity index (χ0v) is 20.3. The smallest absolute Gasteiger partial charge is 0.273 e. The van der Waals surface area contributed by atoms with Gasteiger partial charge in [-0.3, -0.25) is 19.0 Å². The van der Waals surface area contributed by atoms with Crippen molar-refractivity contribution in [2.75, 3.05) is 29.4 Å². The van der Waals surface area contributed by atoms with Crippen molar-refractivity contribution in [3.05, 3.63) is 46.5 Å². The zero-order chi connectivity index (χ0) is 23.9. The molecule has 2 aliphatic heterocycles. The second-order valence-electron chi connectivity index (χ2n) is 9.65. The number of nitrogens with zero attached hydrogens (tertiary/aromatic N) is 5. The van der Waals surface area contributed by atoms with Crippen LogP contribution in [0.25, 0.3) is 10.3 Å². The highest BCUT2D eigenvalue weighted by atomic mass is 32.1. The number of amides is 2. The van der Waals surface area contributed by atoms with Crippen molar-refractivity contribution in [2.24, 2.45) is 5.92 Å². The highest BCUT2D eigenvalue weighted by molar-refractivity contribution is 7.22. The average molecular weight is 493 g/mol. The fraction of sp³-hybridized carbons (Fsp3) is 0.480. The summed E-state index contributed by atoms with van der Waals surface area (Å²) >= 11 is 1.32. The van der Waals surface area contributed by atoms with E-state index in [0.717, 1.165) is 68.0 Å². The second kappa shape index (κ2) is 9.07. The summed E-state index contributed by atoms with van der Waals surface area (Å²) in [4.78, 5) is 51.5. The molecule has 35 heavy (non-hydrogen) atoms. The molecule has 0 radical (unpaired) electrons. The molecule has 2 aromatic heterocycles. The Morgan fingerprint density at radius 2 is 1.89 bits per heavy atom. The van der Waals surface area contributed by atoms with Crippen LogP contribution >= 0.6 is 11.3 Å². The normalized spacial score (nSPS) is 18.5. The SMILES string of the molecule is O=C(NC1CC1)C1CCN(c2nc3ncn(CC(=O)N4CCCc5ccccc54)c(=O)c3s2)CC1. The molecule has 1 aromatic carbocycles. The van der Waals surface area contributed by atoms with E-state index in [4.69, 9.17) is 0 Å². The Balaban J connectivity index is 1.16. The van der Waals surface area contributed by atoms with Crippen molar-refractivity contribution in [3.63, 3.8) is 0 Å². The lowest BCUT2D eigenvalue weighted by atomic mass is 9.96. The first kappa shape index (κ1) is 22.2. The van der Waals surface area contributed by atoms with Crippen LogP contribution < -0.4 is 20.7 Å². The Kier molecular flexibility index (Phi) is 5.75. The quantitative estimate of drug-likeness (QED) is 0.587. The Hall–Kier alpha value is -3.27. The number of piperidine rings is 1. The van der Waals surface area contributed by atoms with Gasteiger partial charge in [0.2, 0.25) is 11.8 Å². The first-order valence-corrected chi connectivity index (χ1v) is 13.2. The van der Waals surface area contributed by atoms with E-state index in [-0.39, 0.29) is 29.8 Å². The van der Waals surface area contributed by atoms with Crippen LogP contribution in [-0.4, -0.2) is 52.0 Å². The van der Waals surface area contributed by atoms with E-state index in [1.165, 1.54) is 22.2 Å². The van der Waals surface area contributed by atoms with E-state index >= 15 is 0 Å². The summed E-state index contributed by atoms with van der Waals surface area (Å²) in [7, 11) is 0. The Labute approximate surface area is 206 Å². The van der Waals surface area contributed by atoms with Crippen molar-refractivity contribution in [2.45, 2.75) is 51.1 Å². The van der Waals surface area contributed by atoms with Gasteiger partial charge < -0.3 is 15.1 Å². The third-order valence-electron chi connectivity index (χ3n) is 7.15. The van der Waals surface area contributed by atoms with E-state index in [9.17, 15) is 14.4 Å². The van der Waals surface area contributed by atoms with Gasteiger partial charge in [-0.05, 0) is 50.2 Å². The van der Waals surface area contributed by atoms with E-state index in [0.29, 0.717) is 22.9 Å². The number of aryl methyl sites for hydroxylation is 1. The average Bonchev–Trinajstić information content (AvgIpc) is 3.59. The standard InChI is InChI=1S/C25H28N6O3S/c32-20(31-11-3-5-16-4-1-2-6-19(16)31)14-30-15-26-22-21(24(30)34)35-25(28-22)29-12-9-17(10-13-29)23(33)27-18-7-8-18/h1-2,4,6,15,17-18H,3,5,7-14H2,(H,27,33). The molecule has 9 nitrogen and oxygen atoms in total. The Morgan fingerprint density at radius 1 is 1.09 bits per heavy atom. The highest BCUT2D eigenvalue weighted by Gasteiger charge is 2.31. The monoisotopic (exact) mass is 492 g/mol. The molecule has 1 aliphatic carbocycles. The second-order valence-corrected chi connectivity index (χ2v) is 10.6. The summed E-state index contributed by atoms with van der Waals surface area (Å²) in [6, 6.07) is 8.32. The van der Waals surface area contributed by atoms with Crippen molar-refractivity contribution in [1.29, 1.82) is 0 Å². The summed E-state index contributed by atoms with van der Waals surface area (Å²) in [6.45, 7) is 2.05. The molecule has 0 spiro atoms. The number of para-hydroxylation sites is 1. The van der Waals surface area contributed by atoms with Gasteiger partial charge >= 0.3 is 0 Å². The molecule has 0 bridgehead atoms. The maximum Gasteiger partial charge on any atom is 0.273 e. The fourth-order valence-electron chi connectivity index (χ4n) is 4.99. The lowest BCUT2D eigenvalue weighted by Crippen LogP contribution is -2.41. The largest absolute Gasteiger partial charge is 0.353 e. The number of thiazole rings is 1. The van der Waals surface area contributed by atoms with Crippen LogP contribution in [0.1, 0.15) is 37.7 Å². The van der Waals surface area contributed by atoms with Gasteiger partial charge in [0.05, 0.1) is 0 Å². The van der Waals surface area contributed by atoms with Crippen LogP contribution in [0.5, 0.6) is 0 Å². The van der Waals surface area contributed by atoms with E-state index in [1.54, 1.807) is 4.90 Å². The summed E-state index contributed by atoms with van der Waals surface area (Å²) < 4.78 is 1.85. The number of benzene rings is 1. The van der Waals surface area contributed by atoms with Crippen LogP contribution in [0.2, 0.25) is 0 Å². The molecule has 6 rings (SSSR count). The maximum atomic E-state index is 13.2. The molecule has 10 heteroatoms. The number of rotatable bonds is 5. The molecule has 1 saturated heterocycles. The Morgan fingerprint density at radius 3 is 2.69 bits per heavy atom. The third-order valence-corrected chi connectivity index (χ3v) is 8.24. The number of fused-ring (bicyclic) bond motifs is 2. The summed E-state index contributed by atoms with van der Waals surface area (Å²) in [5.74, 6) is 0.0983. The van der Waals surface area contributed by atoms with Crippen molar-refractivity contribution < 1.29 is 9.59 Å². The van der Waals surface area contributed by atoms with Crippen molar-refractivity contribution in [3.8, 4) is 0 Å². The van der Waals surface area contributed by atoms with Crippen molar-refractivity contribution >= 4 is 44.3 Å². The molecule has 182 valence electrons. The zero-order valence-electron chi connectivity index (χ0n) is 19.5. The minimum atomic E-state index is -0.240. The summed E-state index contributed by atoms with van der Waals surface area (Å²) in [5.41, 5.74) is 2.26. The van der Waals surface area contributed by atoms with E-state index in [2.05, 4.69) is 26.3 Å². The predicted octanol–water partition coefficient (Wildman–Crippen LogP) is 2.33. The van der Waals surface area contributed by atoms with Gasteiger partial charge in [0.1, 0.15) is 17.6 Å². The molecule has 4 heterocycles. The van der Waals surface area contributed by atoms with Gasteiger partial charge in [0, 0.05) is 37.3 Å². The molecule has 1 N–H and O–H groups in total. The lowest BCUT2D eigenvalue weighted by Gasteiger charge is -2.30. The van der Waals surface area contributed by atoms with Gasteiger partial charge in [-0.2, -0.15) is 4.98 Å². The molecular formula is C25H28N6O3S. The topological polar surface area (TPSA) is 100 Å². The number of aromatic nitrogens is 3. The van der Waals surface area contributed by atoms with Gasteiger partial charge in [-0.25, -0.2) is 4.98 Å². The number of hydrogen-bond donors (Lipinski definition) is 1. The minimum absolute atomic E-state index is 0.0440. The van der Waals surface area contributed by atoms with Crippen LogP contribution in [0.15, 0.2) is 35.4 Å². The molecule has 3 aromatic rings.